The normalized spacial score (nSPS) is 19.9. The van der Waals surface area contributed by atoms with Crippen LogP contribution in [0.3, 0.4) is 0 Å². The summed E-state index contributed by atoms with van der Waals surface area (Å²) in [5.74, 6) is -1.24. The molecule has 0 aromatic heterocycles. The van der Waals surface area contributed by atoms with Gasteiger partial charge in [-0.15, -0.1) is 0 Å². The molecule has 0 aromatic rings. The van der Waals surface area contributed by atoms with E-state index in [0.29, 0.717) is 6.42 Å². The molecule has 0 bridgehead atoms. The molecular formula is C10H21NO7. The summed E-state index contributed by atoms with van der Waals surface area (Å²) in [5, 5.41) is 47.4. The van der Waals surface area contributed by atoms with Gasteiger partial charge in [0.1, 0.15) is 17.8 Å². The molecule has 0 aliphatic heterocycles. The van der Waals surface area contributed by atoms with Crippen molar-refractivity contribution in [1.82, 2.24) is 0 Å². The third-order valence-corrected chi connectivity index (χ3v) is 2.72. The molecule has 4 atom stereocenters. The van der Waals surface area contributed by atoms with E-state index >= 15 is 0 Å². The molecule has 0 radical (unpaired) electrons. The van der Waals surface area contributed by atoms with Crippen LogP contribution in [-0.2, 0) is 9.53 Å². The first-order chi connectivity index (χ1) is 8.30. The van der Waals surface area contributed by atoms with Crippen LogP contribution in [0.1, 0.15) is 12.8 Å². The summed E-state index contributed by atoms with van der Waals surface area (Å²) >= 11 is 0. The molecule has 0 heterocycles. The summed E-state index contributed by atoms with van der Waals surface area (Å²) in [7, 11) is 1.44. The first-order valence-corrected chi connectivity index (χ1v) is 5.46. The Kier molecular flexibility index (Phi) is 7.29. The van der Waals surface area contributed by atoms with Gasteiger partial charge in [0.25, 0.3) is 0 Å². The number of aliphatic hydroxyl groups excluding tert-OH is 4. The number of rotatable bonds is 9. The zero-order valence-corrected chi connectivity index (χ0v) is 10.2. The van der Waals surface area contributed by atoms with Crippen molar-refractivity contribution < 1.29 is 35.1 Å². The van der Waals surface area contributed by atoms with E-state index in [1.165, 1.54) is 7.11 Å². The zero-order chi connectivity index (χ0) is 14.3. The number of hydrogen-bond donors (Lipinski definition) is 6. The number of aliphatic hydroxyl groups is 5. The van der Waals surface area contributed by atoms with Gasteiger partial charge in [0, 0.05) is 13.7 Å². The highest BCUT2D eigenvalue weighted by atomic mass is 16.5. The van der Waals surface area contributed by atoms with Crippen LogP contribution >= 0.6 is 0 Å². The van der Waals surface area contributed by atoms with Crippen LogP contribution in [0.5, 0.6) is 0 Å². The molecule has 0 fully saturated rings. The van der Waals surface area contributed by atoms with E-state index in [4.69, 9.17) is 15.6 Å². The van der Waals surface area contributed by atoms with Gasteiger partial charge in [-0.1, -0.05) is 0 Å². The van der Waals surface area contributed by atoms with Gasteiger partial charge in [-0.25, -0.2) is 0 Å². The summed E-state index contributed by atoms with van der Waals surface area (Å²) in [6.45, 7) is -0.566. The second-order valence-corrected chi connectivity index (χ2v) is 4.14. The quantitative estimate of drug-likeness (QED) is 0.239. The van der Waals surface area contributed by atoms with E-state index in [0.717, 1.165) is 0 Å². The lowest BCUT2D eigenvalue weighted by Crippen LogP contribution is -2.57. The maximum absolute atomic E-state index is 10.7. The van der Waals surface area contributed by atoms with Crippen molar-refractivity contribution in [1.29, 1.82) is 0 Å². The van der Waals surface area contributed by atoms with Gasteiger partial charge in [0.05, 0.1) is 6.61 Å². The van der Waals surface area contributed by atoms with E-state index in [1.54, 1.807) is 0 Å². The summed E-state index contributed by atoms with van der Waals surface area (Å²) in [6.07, 6.45) is -5.70. The predicted octanol–water partition coefficient (Wildman–Crippen LogP) is -3.30. The van der Waals surface area contributed by atoms with E-state index in [1.807, 2.05) is 0 Å². The standard InChI is InChI=1S/C10H21NO7/c1-18-4-2-3-10(17,5-12)8(15)6(13)7(14)9(11)16/h6-8,12-15,17H,2-5H2,1H3,(H2,11,16)/t6-,7-,8+,10-/m1/s1. The molecule has 0 aliphatic rings. The SMILES string of the molecule is COCCC[C@@](O)(CO)[C@@H](O)[C@H](O)[C@@H](O)C(N)=O. The van der Waals surface area contributed by atoms with Crippen LogP contribution in [0.25, 0.3) is 0 Å². The lowest BCUT2D eigenvalue weighted by atomic mass is 9.87. The van der Waals surface area contributed by atoms with Crippen molar-refractivity contribution in [3.8, 4) is 0 Å². The fourth-order valence-electron chi connectivity index (χ4n) is 1.50. The Labute approximate surface area is 105 Å². The van der Waals surface area contributed by atoms with E-state index in [9.17, 15) is 25.2 Å². The lowest BCUT2D eigenvalue weighted by Gasteiger charge is -2.35. The van der Waals surface area contributed by atoms with Gasteiger partial charge in [0.2, 0.25) is 5.91 Å². The highest BCUT2D eigenvalue weighted by Gasteiger charge is 2.43. The second-order valence-electron chi connectivity index (χ2n) is 4.14. The number of carbonyl (C=O) groups excluding carboxylic acids is 1. The monoisotopic (exact) mass is 267 g/mol. The third kappa shape index (κ3) is 4.48. The van der Waals surface area contributed by atoms with Crippen molar-refractivity contribution >= 4 is 5.91 Å². The van der Waals surface area contributed by atoms with Crippen molar-refractivity contribution in [2.75, 3.05) is 20.3 Å². The van der Waals surface area contributed by atoms with Crippen molar-refractivity contribution in [2.45, 2.75) is 36.8 Å². The molecule has 0 aromatic carbocycles. The lowest BCUT2D eigenvalue weighted by molar-refractivity contribution is -0.176. The van der Waals surface area contributed by atoms with E-state index in [2.05, 4.69) is 0 Å². The summed E-state index contributed by atoms with van der Waals surface area (Å²) < 4.78 is 4.75. The second kappa shape index (κ2) is 7.62. The number of hydrogen-bond acceptors (Lipinski definition) is 7. The molecule has 18 heavy (non-hydrogen) atoms. The Hall–Kier alpha value is -0.770. The summed E-state index contributed by atoms with van der Waals surface area (Å²) in [4.78, 5) is 10.7. The minimum atomic E-state index is -2.05. The van der Waals surface area contributed by atoms with Crippen LogP contribution in [0.4, 0.5) is 0 Å². The molecule has 0 saturated heterocycles. The fraction of sp³-hybridized carbons (Fsp3) is 0.900. The van der Waals surface area contributed by atoms with Crippen molar-refractivity contribution in [2.24, 2.45) is 5.73 Å². The Balaban J connectivity index is 4.66. The Morgan fingerprint density at radius 2 is 1.94 bits per heavy atom. The summed E-state index contributed by atoms with van der Waals surface area (Å²) in [5.41, 5.74) is 2.71. The molecule has 7 N–H and O–H groups in total. The molecule has 8 nitrogen and oxygen atoms in total. The Morgan fingerprint density at radius 1 is 1.39 bits per heavy atom. The first kappa shape index (κ1) is 17.2. The van der Waals surface area contributed by atoms with Crippen LogP contribution < -0.4 is 5.73 Å². The van der Waals surface area contributed by atoms with E-state index < -0.39 is 36.4 Å². The molecule has 0 aliphatic carbocycles. The molecule has 8 heteroatoms. The van der Waals surface area contributed by atoms with Gasteiger partial charge >= 0.3 is 0 Å². The molecule has 108 valence electrons. The minimum absolute atomic E-state index is 0.0823. The number of carbonyl (C=O) groups is 1. The smallest absolute Gasteiger partial charge is 0.249 e. The van der Waals surface area contributed by atoms with Crippen LogP contribution in [-0.4, -0.2) is 75.7 Å². The topological polar surface area (TPSA) is 153 Å². The van der Waals surface area contributed by atoms with Crippen LogP contribution in [0.15, 0.2) is 0 Å². The van der Waals surface area contributed by atoms with E-state index in [-0.39, 0.29) is 13.0 Å². The third-order valence-electron chi connectivity index (χ3n) is 2.72. The largest absolute Gasteiger partial charge is 0.393 e. The highest BCUT2D eigenvalue weighted by Crippen LogP contribution is 2.21. The molecule has 1 amide bonds. The summed E-state index contributed by atoms with van der Waals surface area (Å²) in [6, 6.07) is 0. The average Bonchev–Trinajstić information content (AvgIpc) is 2.35. The number of ether oxygens (including phenoxy) is 1. The molecule has 0 rings (SSSR count). The first-order valence-electron chi connectivity index (χ1n) is 5.46. The Morgan fingerprint density at radius 3 is 2.33 bits per heavy atom. The minimum Gasteiger partial charge on any atom is -0.393 e. The molecule has 0 spiro atoms. The van der Waals surface area contributed by atoms with Crippen LogP contribution in [0, 0.1) is 0 Å². The number of methoxy groups -OCH3 is 1. The number of nitrogens with two attached hydrogens (primary N) is 1. The highest BCUT2D eigenvalue weighted by molar-refractivity contribution is 5.79. The fourth-order valence-corrected chi connectivity index (χ4v) is 1.50. The van der Waals surface area contributed by atoms with Crippen molar-refractivity contribution in [3.05, 3.63) is 0 Å². The molecular weight excluding hydrogens is 246 g/mol. The number of amides is 1. The van der Waals surface area contributed by atoms with Gasteiger partial charge < -0.3 is 36.0 Å². The van der Waals surface area contributed by atoms with Gasteiger partial charge in [-0.2, -0.15) is 0 Å². The maximum atomic E-state index is 10.7. The van der Waals surface area contributed by atoms with Crippen molar-refractivity contribution in [3.63, 3.8) is 0 Å². The maximum Gasteiger partial charge on any atom is 0.249 e. The van der Waals surface area contributed by atoms with Gasteiger partial charge in [-0.3, -0.25) is 4.79 Å². The average molecular weight is 267 g/mol. The molecule has 0 unspecified atom stereocenters. The molecule has 0 saturated carbocycles. The van der Waals surface area contributed by atoms with Gasteiger partial charge in [-0.05, 0) is 12.8 Å². The predicted molar refractivity (Wildman–Crippen MR) is 60.4 cm³/mol. The number of primary amides is 1. The van der Waals surface area contributed by atoms with Gasteiger partial charge in [0.15, 0.2) is 6.10 Å². The Bertz CT molecular complexity index is 263. The van der Waals surface area contributed by atoms with Crippen LogP contribution in [0.2, 0.25) is 0 Å². The zero-order valence-electron chi connectivity index (χ0n) is 10.2.